The molecule has 4 heterocycles. The fraction of sp³-hybridized carbons (Fsp3) is 0.688. The quantitative estimate of drug-likeness (QED) is 0.679. The van der Waals surface area contributed by atoms with Crippen LogP contribution in [0.5, 0.6) is 5.88 Å². The van der Waals surface area contributed by atoms with Crippen LogP contribution in [0, 0.1) is 0 Å². The molecule has 0 bridgehead atoms. The molecule has 2 aromatic rings. The predicted molar refractivity (Wildman–Crippen MR) is 99.0 cm³/mol. The standard InChI is InChI=1S/C16H22F2N5O6P/c1-5-25-11-9-10(21-14(19)22-11)23(7-20-9)13-15(4,17)12-16(18,27-13)6-26-30(24,29-12)28-8(2)3/h7-8,12-13H,5-6H2,1-4H3,(H2,19,21,22)/t12-,13?,15+,16+,30-/m0/s1. The van der Waals surface area contributed by atoms with Crippen molar-refractivity contribution in [3.63, 3.8) is 0 Å². The number of imidazole rings is 1. The summed E-state index contributed by atoms with van der Waals surface area (Å²) in [6.45, 7) is 5.42. The van der Waals surface area contributed by atoms with Gasteiger partial charge in [-0.1, -0.05) is 0 Å². The Kier molecular flexibility index (Phi) is 5.02. The molecule has 0 aromatic carbocycles. The zero-order valence-corrected chi connectivity index (χ0v) is 17.6. The molecule has 2 N–H and O–H groups in total. The molecular weight excluding hydrogens is 427 g/mol. The predicted octanol–water partition coefficient (Wildman–Crippen LogP) is 2.68. The third-order valence-corrected chi connectivity index (χ3v) is 6.22. The van der Waals surface area contributed by atoms with Gasteiger partial charge in [-0.2, -0.15) is 9.97 Å². The third kappa shape index (κ3) is 3.34. The SMILES string of the molecule is CCOc1nc(N)nc2c1ncn2C1O[C@]2(F)CO[P@@](=O)(OC(C)C)O[C@H]2[C@@]1(C)F. The molecule has 166 valence electrons. The Balaban J connectivity index is 1.74. The molecule has 2 fully saturated rings. The van der Waals surface area contributed by atoms with Crippen molar-refractivity contribution in [2.45, 2.75) is 57.7 Å². The molecular formula is C16H22F2N5O6P. The highest BCUT2D eigenvalue weighted by Gasteiger charge is 2.70. The van der Waals surface area contributed by atoms with Crippen LogP contribution in [0.25, 0.3) is 11.2 Å². The van der Waals surface area contributed by atoms with Gasteiger partial charge in [-0.25, -0.2) is 18.3 Å². The lowest BCUT2D eigenvalue weighted by atomic mass is 9.97. The van der Waals surface area contributed by atoms with E-state index in [-0.39, 0.29) is 29.6 Å². The Morgan fingerprint density at radius 1 is 1.43 bits per heavy atom. The number of phosphoric ester groups is 1. The molecule has 2 aromatic heterocycles. The Morgan fingerprint density at radius 3 is 2.83 bits per heavy atom. The number of rotatable bonds is 5. The Bertz CT molecular complexity index is 1020. The van der Waals surface area contributed by atoms with Gasteiger partial charge in [0.25, 0.3) is 5.85 Å². The summed E-state index contributed by atoms with van der Waals surface area (Å²) < 4.78 is 71.2. The van der Waals surface area contributed by atoms with E-state index < -0.39 is 44.4 Å². The first-order chi connectivity index (χ1) is 14.0. The number of halogens is 2. The lowest BCUT2D eigenvalue weighted by Crippen LogP contribution is -2.51. The fourth-order valence-corrected chi connectivity index (χ4v) is 5.13. The summed E-state index contributed by atoms with van der Waals surface area (Å²) in [5.41, 5.74) is 3.49. The maximum absolute atomic E-state index is 15.9. The van der Waals surface area contributed by atoms with Crippen molar-refractivity contribution in [3.05, 3.63) is 6.33 Å². The summed E-state index contributed by atoms with van der Waals surface area (Å²) in [6.07, 6.45) is -2.83. The van der Waals surface area contributed by atoms with E-state index in [2.05, 4.69) is 15.0 Å². The van der Waals surface area contributed by atoms with Crippen LogP contribution in [0.2, 0.25) is 0 Å². The van der Waals surface area contributed by atoms with Crippen LogP contribution in [0.4, 0.5) is 14.7 Å². The van der Waals surface area contributed by atoms with E-state index in [1.807, 2.05) is 0 Å². The minimum Gasteiger partial charge on any atom is -0.476 e. The highest BCUT2D eigenvalue weighted by molar-refractivity contribution is 7.48. The number of fused-ring (bicyclic) bond motifs is 2. The van der Waals surface area contributed by atoms with Gasteiger partial charge in [0.2, 0.25) is 11.8 Å². The van der Waals surface area contributed by atoms with Crippen molar-refractivity contribution in [3.8, 4) is 5.88 Å². The van der Waals surface area contributed by atoms with Crippen molar-refractivity contribution in [1.29, 1.82) is 0 Å². The molecule has 0 aliphatic carbocycles. The van der Waals surface area contributed by atoms with Gasteiger partial charge >= 0.3 is 7.82 Å². The number of nitrogens with zero attached hydrogens (tertiary/aromatic N) is 4. The van der Waals surface area contributed by atoms with Crippen LogP contribution in [0.1, 0.15) is 33.9 Å². The number of ether oxygens (including phenoxy) is 2. The van der Waals surface area contributed by atoms with Gasteiger partial charge < -0.3 is 15.2 Å². The van der Waals surface area contributed by atoms with Gasteiger partial charge in [-0.05, 0) is 27.7 Å². The normalized spacial score (nSPS) is 36.4. The maximum atomic E-state index is 15.9. The number of hydrogen-bond donors (Lipinski definition) is 1. The van der Waals surface area contributed by atoms with Crippen LogP contribution in [-0.4, -0.2) is 56.5 Å². The van der Waals surface area contributed by atoms with Gasteiger partial charge in [0.05, 0.1) is 19.0 Å². The molecule has 2 saturated heterocycles. The van der Waals surface area contributed by atoms with Crippen LogP contribution in [-0.2, 0) is 22.9 Å². The van der Waals surface area contributed by atoms with Crippen molar-refractivity contribution in [1.82, 2.24) is 19.5 Å². The molecule has 1 unspecified atom stereocenters. The second kappa shape index (κ2) is 7.06. The maximum Gasteiger partial charge on any atom is 0.475 e. The number of aromatic nitrogens is 4. The largest absolute Gasteiger partial charge is 0.476 e. The molecule has 0 spiro atoms. The Hall–Kier alpha value is -1.92. The lowest BCUT2D eigenvalue weighted by Gasteiger charge is -2.36. The molecule has 0 amide bonds. The second-order valence-corrected chi connectivity index (χ2v) is 8.99. The van der Waals surface area contributed by atoms with Crippen molar-refractivity contribution in [2.24, 2.45) is 0 Å². The van der Waals surface area contributed by atoms with Gasteiger partial charge in [0, 0.05) is 0 Å². The van der Waals surface area contributed by atoms with E-state index in [1.165, 1.54) is 6.33 Å². The topological polar surface area (TPSA) is 133 Å². The molecule has 11 nitrogen and oxygen atoms in total. The van der Waals surface area contributed by atoms with E-state index in [0.717, 1.165) is 11.5 Å². The Morgan fingerprint density at radius 2 is 2.17 bits per heavy atom. The van der Waals surface area contributed by atoms with Crippen molar-refractivity contribution < 1.29 is 36.4 Å². The molecule has 0 radical (unpaired) electrons. The van der Waals surface area contributed by atoms with Crippen LogP contribution in [0.15, 0.2) is 6.33 Å². The highest BCUT2D eigenvalue weighted by atomic mass is 31.2. The van der Waals surface area contributed by atoms with E-state index >= 15 is 8.78 Å². The number of nitrogen functional groups attached to an aromatic ring is 1. The number of phosphoric acid groups is 1. The summed E-state index contributed by atoms with van der Waals surface area (Å²) in [5, 5.41) is 0. The average molecular weight is 449 g/mol. The number of nitrogens with two attached hydrogens (primary N) is 1. The van der Waals surface area contributed by atoms with Gasteiger partial charge in [-0.15, -0.1) is 0 Å². The van der Waals surface area contributed by atoms with Crippen molar-refractivity contribution >= 4 is 24.9 Å². The number of hydrogen-bond acceptors (Lipinski definition) is 10. The summed E-state index contributed by atoms with van der Waals surface area (Å²) in [4.78, 5) is 12.2. The number of alkyl halides is 2. The highest BCUT2D eigenvalue weighted by Crippen LogP contribution is 2.63. The van der Waals surface area contributed by atoms with E-state index in [0.29, 0.717) is 0 Å². The van der Waals surface area contributed by atoms with E-state index in [9.17, 15) is 4.57 Å². The smallest absolute Gasteiger partial charge is 0.475 e. The zero-order chi connectivity index (χ0) is 21.9. The zero-order valence-electron chi connectivity index (χ0n) is 16.7. The van der Waals surface area contributed by atoms with Crippen LogP contribution >= 0.6 is 7.82 Å². The molecule has 4 rings (SSSR count). The van der Waals surface area contributed by atoms with E-state index in [4.69, 9.17) is 28.8 Å². The summed E-state index contributed by atoms with van der Waals surface area (Å²) in [5.74, 6) is -2.77. The number of anilines is 1. The molecule has 14 heteroatoms. The fourth-order valence-electron chi connectivity index (χ4n) is 3.49. The van der Waals surface area contributed by atoms with E-state index in [1.54, 1.807) is 20.8 Å². The van der Waals surface area contributed by atoms with Crippen LogP contribution < -0.4 is 10.5 Å². The Labute approximate surface area is 170 Å². The second-order valence-electron chi connectivity index (χ2n) is 7.41. The van der Waals surface area contributed by atoms with Crippen molar-refractivity contribution in [2.75, 3.05) is 18.9 Å². The minimum atomic E-state index is -4.19. The third-order valence-electron chi connectivity index (χ3n) is 4.63. The summed E-state index contributed by atoms with van der Waals surface area (Å²) in [7, 11) is -4.19. The minimum absolute atomic E-state index is 0.0737. The first-order valence-electron chi connectivity index (χ1n) is 9.29. The molecule has 5 atom stereocenters. The lowest BCUT2D eigenvalue weighted by molar-refractivity contribution is -0.220. The molecule has 2 aliphatic rings. The first kappa shape index (κ1) is 21.3. The van der Waals surface area contributed by atoms with Gasteiger partial charge in [0.15, 0.2) is 29.2 Å². The molecule has 0 saturated carbocycles. The average Bonchev–Trinajstić information content (AvgIpc) is 3.13. The summed E-state index contributed by atoms with van der Waals surface area (Å²) >= 11 is 0. The van der Waals surface area contributed by atoms with Gasteiger partial charge in [-0.3, -0.25) is 18.1 Å². The first-order valence-corrected chi connectivity index (χ1v) is 10.7. The monoisotopic (exact) mass is 449 g/mol. The molecule has 30 heavy (non-hydrogen) atoms. The van der Waals surface area contributed by atoms with Gasteiger partial charge in [0.1, 0.15) is 6.61 Å². The summed E-state index contributed by atoms with van der Waals surface area (Å²) in [6, 6.07) is 0. The molecule has 2 aliphatic heterocycles. The van der Waals surface area contributed by atoms with Crippen LogP contribution in [0.3, 0.4) is 0 Å².